The van der Waals surface area contributed by atoms with E-state index in [9.17, 15) is 17.6 Å². The van der Waals surface area contributed by atoms with Crippen molar-refractivity contribution in [2.24, 2.45) is 0 Å². The molecule has 1 amide bonds. The molecule has 2 aromatic carbocycles. The SMILES string of the molecule is CCN1CCN(S(=O)(=O)c2ccc(NC(=O)c3ccc(F)cc3Cl)cc2)CC1. The highest BCUT2D eigenvalue weighted by Crippen LogP contribution is 2.22. The van der Waals surface area contributed by atoms with E-state index in [0.717, 1.165) is 18.7 Å². The zero-order valence-corrected chi connectivity index (χ0v) is 16.9. The fourth-order valence-corrected chi connectivity index (χ4v) is 4.69. The van der Waals surface area contributed by atoms with Crippen LogP contribution in [0.2, 0.25) is 5.02 Å². The highest BCUT2D eigenvalue weighted by atomic mass is 35.5. The standard InChI is InChI=1S/C19H21ClFN3O3S/c1-2-23-9-11-24(12-10-23)28(26,27)16-6-4-15(5-7-16)22-19(25)17-8-3-14(21)13-18(17)20/h3-8,13H,2,9-12H2,1H3,(H,22,25). The molecule has 1 aliphatic heterocycles. The quantitative estimate of drug-likeness (QED) is 0.799. The Morgan fingerprint density at radius 2 is 1.75 bits per heavy atom. The van der Waals surface area contributed by atoms with Gasteiger partial charge in [0.15, 0.2) is 0 Å². The van der Waals surface area contributed by atoms with Crippen molar-refractivity contribution < 1.29 is 17.6 Å². The molecule has 150 valence electrons. The molecular formula is C19H21ClFN3O3S. The summed E-state index contributed by atoms with van der Waals surface area (Å²) in [7, 11) is -3.57. The maximum atomic E-state index is 13.1. The lowest BCUT2D eigenvalue weighted by atomic mass is 10.2. The van der Waals surface area contributed by atoms with Crippen LogP contribution in [0.15, 0.2) is 47.4 Å². The van der Waals surface area contributed by atoms with Crippen LogP contribution >= 0.6 is 11.6 Å². The summed E-state index contributed by atoms with van der Waals surface area (Å²) in [6.45, 7) is 5.29. The second-order valence-electron chi connectivity index (χ2n) is 6.44. The Bertz CT molecular complexity index is 959. The first-order valence-corrected chi connectivity index (χ1v) is 10.7. The molecule has 0 spiro atoms. The lowest BCUT2D eigenvalue weighted by Crippen LogP contribution is -2.48. The van der Waals surface area contributed by atoms with Crippen molar-refractivity contribution >= 4 is 33.2 Å². The van der Waals surface area contributed by atoms with Crippen molar-refractivity contribution in [2.75, 3.05) is 38.0 Å². The van der Waals surface area contributed by atoms with Crippen LogP contribution in [0.4, 0.5) is 10.1 Å². The van der Waals surface area contributed by atoms with E-state index in [1.165, 1.54) is 34.6 Å². The Balaban J connectivity index is 1.70. The van der Waals surface area contributed by atoms with Crippen molar-refractivity contribution in [3.05, 3.63) is 58.9 Å². The first kappa shape index (κ1) is 20.7. The van der Waals surface area contributed by atoms with Crippen LogP contribution in [0.1, 0.15) is 17.3 Å². The van der Waals surface area contributed by atoms with Gasteiger partial charge in [0.1, 0.15) is 5.82 Å². The summed E-state index contributed by atoms with van der Waals surface area (Å²) < 4.78 is 40.1. The number of hydrogen-bond donors (Lipinski definition) is 1. The number of carbonyl (C=O) groups is 1. The van der Waals surface area contributed by atoms with Gasteiger partial charge in [0, 0.05) is 31.9 Å². The van der Waals surface area contributed by atoms with Crippen LogP contribution < -0.4 is 5.32 Å². The van der Waals surface area contributed by atoms with E-state index >= 15 is 0 Å². The Kier molecular flexibility index (Phi) is 6.34. The molecule has 2 aromatic rings. The third kappa shape index (κ3) is 4.52. The normalized spacial score (nSPS) is 16.1. The molecule has 0 radical (unpaired) electrons. The van der Waals surface area contributed by atoms with E-state index < -0.39 is 21.7 Å². The number of nitrogens with zero attached hydrogens (tertiary/aromatic N) is 2. The van der Waals surface area contributed by atoms with Crippen molar-refractivity contribution in [1.29, 1.82) is 0 Å². The van der Waals surface area contributed by atoms with Gasteiger partial charge in [-0.2, -0.15) is 4.31 Å². The van der Waals surface area contributed by atoms with Gasteiger partial charge in [-0.15, -0.1) is 0 Å². The van der Waals surface area contributed by atoms with E-state index in [1.54, 1.807) is 0 Å². The number of carbonyl (C=O) groups excluding carboxylic acids is 1. The number of likely N-dealkylation sites (N-methyl/N-ethyl adjacent to an activating group) is 1. The molecule has 0 unspecified atom stereocenters. The highest BCUT2D eigenvalue weighted by molar-refractivity contribution is 7.89. The predicted octanol–water partition coefficient (Wildman–Crippen LogP) is 3.06. The van der Waals surface area contributed by atoms with Crippen LogP contribution in [0, 0.1) is 5.82 Å². The monoisotopic (exact) mass is 425 g/mol. The van der Waals surface area contributed by atoms with E-state index in [-0.39, 0.29) is 15.5 Å². The van der Waals surface area contributed by atoms with Crippen molar-refractivity contribution in [1.82, 2.24) is 9.21 Å². The molecule has 3 rings (SSSR count). The van der Waals surface area contributed by atoms with Crippen LogP contribution in [0.3, 0.4) is 0 Å². The summed E-state index contributed by atoms with van der Waals surface area (Å²) in [6.07, 6.45) is 0. The lowest BCUT2D eigenvalue weighted by Gasteiger charge is -2.33. The minimum Gasteiger partial charge on any atom is -0.322 e. The second kappa shape index (κ2) is 8.57. The number of hydrogen-bond acceptors (Lipinski definition) is 4. The molecule has 1 aliphatic rings. The summed E-state index contributed by atoms with van der Waals surface area (Å²) in [4.78, 5) is 14.7. The van der Waals surface area contributed by atoms with Gasteiger partial charge < -0.3 is 10.2 Å². The molecule has 0 bridgehead atoms. The number of amides is 1. The van der Waals surface area contributed by atoms with Crippen LogP contribution in [0.5, 0.6) is 0 Å². The molecule has 0 saturated carbocycles. The summed E-state index contributed by atoms with van der Waals surface area (Å²) >= 11 is 5.89. The number of rotatable bonds is 5. The Morgan fingerprint density at radius 3 is 2.32 bits per heavy atom. The van der Waals surface area contributed by atoms with Gasteiger partial charge in [0.05, 0.1) is 15.5 Å². The van der Waals surface area contributed by atoms with Crippen LogP contribution in [0.25, 0.3) is 0 Å². The van der Waals surface area contributed by atoms with E-state index in [2.05, 4.69) is 17.1 Å². The average Bonchev–Trinajstić information content (AvgIpc) is 2.68. The smallest absolute Gasteiger partial charge is 0.257 e. The molecule has 1 N–H and O–H groups in total. The van der Waals surface area contributed by atoms with Crippen molar-refractivity contribution in [3.8, 4) is 0 Å². The number of sulfonamides is 1. The molecular weight excluding hydrogens is 405 g/mol. The van der Waals surface area contributed by atoms with Crippen LogP contribution in [-0.4, -0.2) is 56.3 Å². The minimum absolute atomic E-state index is 0.00270. The van der Waals surface area contributed by atoms with Crippen LogP contribution in [-0.2, 0) is 10.0 Å². The van der Waals surface area contributed by atoms with Gasteiger partial charge in [-0.25, -0.2) is 12.8 Å². The van der Waals surface area contributed by atoms with Gasteiger partial charge in [-0.05, 0) is 49.0 Å². The van der Waals surface area contributed by atoms with Gasteiger partial charge in [-0.1, -0.05) is 18.5 Å². The Morgan fingerprint density at radius 1 is 1.11 bits per heavy atom. The predicted molar refractivity (Wildman–Crippen MR) is 107 cm³/mol. The molecule has 6 nitrogen and oxygen atoms in total. The zero-order chi connectivity index (χ0) is 20.3. The molecule has 0 atom stereocenters. The molecule has 1 saturated heterocycles. The number of benzene rings is 2. The molecule has 1 fully saturated rings. The average molecular weight is 426 g/mol. The number of halogens is 2. The molecule has 0 aromatic heterocycles. The molecule has 28 heavy (non-hydrogen) atoms. The third-order valence-corrected chi connectivity index (χ3v) is 6.93. The second-order valence-corrected chi connectivity index (χ2v) is 8.79. The largest absolute Gasteiger partial charge is 0.322 e. The number of piperazine rings is 1. The number of anilines is 1. The minimum atomic E-state index is -3.57. The first-order chi connectivity index (χ1) is 13.3. The van der Waals surface area contributed by atoms with Gasteiger partial charge >= 0.3 is 0 Å². The summed E-state index contributed by atoms with van der Waals surface area (Å²) in [5.74, 6) is -1.04. The van der Waals surface area contributed by atoms with Gasteiger partial charge in [-0.3, -0.25) is 4.79 Å². The number of nitrogens with one attached hydrogen (secondary N) is 1. The van der Waals surface area contributed by atoms with Crippen molar-refractivity contribution in [3.63, 3.8) is 0 Å². The fraction of sp³-hybridized carbons (Fsp3) is 0.316. The molecule has 1 heterocycles. The Labute approximate surface area is 168 Å². The first-order valence-electron chi connectivity index (χ1n) is 8.90. The third-order valence-electron chi connectivity index (χ3n) is 4.70. The maximum absolute atomic E-state index is 13.1. The lowest BCUT2D eigenvalue weighted by molar-refractivity contribution is 0.102. The molecule has 9 heteroatoms. The maximum Gasteiger partial charge on any atom is 0.257 e. The Hall–Kier alpha value is -2.00. The van der Waals surface area contributed by atoms with Crippen molar-refractivity contribution in [2.45, 2.75) is 11.8 Å². The molecule has 0 aliphatic carbocycles. The van der Waals surface area contributed by atoms with Gasteiger partial charge in [0.2, 0.25) is 10.0 Å². The summed E-state index contributed by atoms with van der Waals surface area (Å²) in [5, 5.41) is 2.63. The van der Waals surface area contributed by atoms with E-state index in [1.807, 2.05) is 0 Å². The summed E-state index contributed by atoms with van der Waals surface area (Å²) in [6, 6.07) is 9.46. The highest BCUT2D eigenvalue weighted by Gasteiger charge is 2.27. The van der Waals surface area contributed by atoms with E-state index in [4.69, 9.17) is 11.6 Å². The topological polar surface area (TPSA) is 69.7 Å². The fourth-order valence-electron chi connectivity index (χ4n) is 3.02. The van der Waals surface area contributed by atoms with E-state index in [0.29, 0.717) is 31.9 Å². The van der Waals surface area contributed by atoms with Gasteiger partial charge in [0.25, 0.3) is 5.91 Å². The zero-order valence-electron chi connectivity index (χ0n) is 15.4. The summed E-state index contributed by atoms with van der Waals surface area (Å²) in [5.41, 5.74) is 0.550.